The number of hydrogen-bond donors (Lipinski definition) is 2. The first-order chi connectivity index (χ1) is 7.45. The van der Waals surface area contributed by atoms with E-state index < -0.39 is 5.60 Å². The molecule has 1 fully saturated rings. The first kappa shape index (κ1) is 13.5. The zero-order valence-corrected chi connectivity index (χ0v) is 10.6. The van der Waals surface area contributed by atoms with Crippen LogP contribution in [0.3, 0.4) is 0 Å². The molecule has 0 unspecified atom stereocenters. The Balaban J connectivity index is 2.11. The van der Waals surface area contributed by atoms with Crippen LogP contribution in [0, 0.1) is 0 Å². The summed E-state index contributed by atoms with van der Waals surface area (Å²) in [5, 5.41) is 12.8. The summed E-state index contributed by atoms with van der Waals surface area (Å²) in [5.74, 6) is 0.0981. The third kappa shape index (κ3) is 4.10. The molecule has 0 aromatic rings. The standard InChI is InChI=1S/C12H24N2O2/c1-4-6-12(16)8-14(9-12)7-5-11(15)13-10(2)3/h10,16H,4-9H2,1-3H3,(H,13,15). The molecule has 1 heterocycles. The number of β-amino-alcohol motifs (C(OH)–C–C–N with tert-alkyl or cyclic N) is 1. The van der Waals surface area contributed by atoms with Crippen molar-refractivity contribution in [3.05, 3.63) is 0 Å². The third-order valence-corrected chi connectivity index (χ3v) is 2.86. The van der Waals surface area contributed by atoms with E-state index in [-0.39, 0.29) is 11.9 Å². The molecule has 0 saturated carbocycles. The molecule has 0 aromatic heterocycles. The highest BCUT2D eigenvalue weighted by Crippen LogP contribution is 2.25. The molecule has 16 heavy (non-hydrogen) atoms. The van der Waals surface area contributed by atoms with Crippen molar-refractivity contribution < 1.29 is 9.90 Å². The molecule has 0 spiro atoms. The zero-order valence-electron chi connectivity index (χ0n) is 10.6. The van der Waals surface area contributed by atoms with Gasteiger partial charge in [-0.25, -0.2) is 0 Å². The third-order valence-electron chi connectivity index (χ3n) is 2.86. The van der Waals surface area contributed by atoms with Crippen molar-refractivity contribution in [2.75, 3.05) is 19.6 Å². The van der Waals surface area contributed by atoms with E-state index in [9.17, 15) is 9.90 Å². The number of amides is 1. The van der Waals surface area contributed by atoms with E-state index in [1.54, 1.807) is 0 Å². The Hall–Kier alpha value is -0.610. The van der Waals surface area contributed by atoms with Crippen molar-refractivity contribution in [3.63, 3.8) is 0 Å². The zero-order chi connectivity index (χ0) is 12.2. The number of rotatable bonds is 6. The van der Waals surface area contributed by atoms with Gasteiger partial charge in [0.1, 0.15) is 0 Å². The molecule has 0 bridgehead atoms. The topological polar surface area (TPSA) is 52.6 Å². The quantitative estimate of drug-likeness (QED) is 0.705. The molecule has 1 saturated heterocycles. The summed E-state index contributed by atoms with van der Waals surface area (Å²) >= 11 is 0. The van der Waals surface area contributed by atoms with Crippen molar-refractivity contribution >= 4 is 5.91 Å². The van der Waals surface area contributed by atoms with E-state index in [0.29, 0.717) is 6.42 Å². The van der Waals surface area contributed by atoms with Crippen LogP contribution in [0.1, 0.15) is 40.0 Å². The second-order valence-electron chi connectivity index (χ2n) is 5.16. The molecule has 4 nitrogen and oxygen atoms in total. The van der Waals surface area contributed by atoms with Crippen LogP contribution in [-0.2, 0) is 4.79 Å². The van der Waals surface area contributed by atoms with E-state index >= 15 is 0 Å². The summed E-state index contributed by atoms with van der Waals surface area (Å²) in [4.78, 5) is 13.5. The van der Waals surface area contributed by atoms with E-state index in [4.69, 9.17) is 0 Å². The second-order valence-corrected chi connectivity index (χ2v) is 5.16. The van der Waals surface area contributed by atoms with Crippen molar-refractivity contribution in [1.82, 2.24) is 10.2 Å². The van der Waals surface area contributed by atoms with Crippen LogP contribution in [0.4, 0.5) is 0 Å². The van der Waals surface area contributed by atoms with E-state index in [2.05, 4.69) is 17.1 Å². The first-order valence-electron chi connectivity index (χ1n) is 6.19. The highest BCUT2D eigenvalue weighted by Gasteiger charge is 2.39. The molecule has 0 aliphatic carbocycles. The van der Waals surface area contributed by atoms with Gasteiger partial charge in [0.05, 0.1) is 5.60 Å². The van der Waals surface area contributed by atoms with Gasteiger partial charge < -0.3 is 10.4 Å². The maximum Gasteiger partial charge on any atom is 0.221 e. The molecule has 1 amide bonds. The van der Waals surface area contributed by atoms with Gasteiger partial charge in [0.2, 0.25) is 5.91 Å². The van der Waals surface area contributed by atoms with Gasteiger partial charge in [0.15, 0.2) is 0 Å². The fraction of sp³-hybridized carbons (Fsp3) is 0.917. The summed E-state index contributed by atoms with van der Waals surface area (Å²) < 4.78 is 0. The van der Waals surface area contributed by atoms with Gasteiger partial charge in [0, 0.05) is 32.1 Å². The number of nitrogens with zero attached hydrogens (tertiary/aromatic N) is 1. The molecule has 94 valence electrons. The summed E-state index contributed by atoms with van der Waals surface area (Å²) in [5.41, 5.74) is -0.483. The van der Waals surface area contributed by atoms with E-state index in [1.807, 2.05) is 13.8 Å². The van der Waals surface area contributed by atoms with Crippen LogP contribution < -0.4 is 5.32 Å². The van der Waals surface area contributed by atoms with Crippen LogP contribution in [0.5, 0.6) is 0 Å². The van der Waals surface area contributed by atoms with Gasteiger partial charge in [-0.1, -0.05) is 13.3 Å². The molecule has 1 rings (SSSR count). The van der Waals surface area contributed by atoms with Gasteiger partial charge in [-0.15, -0.1) is 0 Å². The number of nitrogens with one attached hydrogen (secondary N) is 1. The summed E-state index contributed by atoms with van der Waals surface area (Å²) in [6, 6.07) is 0.209. The molecule has 4 heteroatoms. The summed E-state index contributed by atoms with van der Waals surface area (Å²) in [6.07, 6.45) is 2.40. The van der Waals surface area contributed by atoms with Crippen LogP contribution in [-0.4, -0.2) is 47.2 Å². The molecular formula is C12H24N2O2. The number of carbonyl (C=O) groups excluding carboxylic acids is 1. The van der Waals surface area contributed by atoms with Gasteiger partial charge in [-0.2, -0.15) is 0 Å². The lowest BCUT2D eigenvalue weighted by molar-refractivity contribution is -0.126. The number of carbonyl (C=O) groups is 1. The fourth-order valence-electron chi connectivity index (χ4n) is 2.22. The molecule has 0 radical (unpaired) electrons. The van der Waals surface area contributed by atoms with Crippen LogP contribution in [0.2, 0.25) is 0 Å². The van der Waals surface area contributed by atoms with Crippen molar-refractivity contribution in [3.8, 4) is 0 Å². The highest BCUT2D eigenvalue weighted by atomic mass is 16.3. The molecule has 0 aromatic carbocycles. The second kappa shape index (κ2) is 5.64. The fourth-order valence-corrected chi connectivity index (χ4v) is 2.22. The predicted octanol–water partition coefficient (Wildman–Crippen LogP) is 0.748. The summed E-state index contributed by atoms with van der Waals surface area (Å²) in [6.45, 7) is 8.19. The predicted molar refractivity (Wildman–Crippen MR) is 64.2 cm³/mol. The molecular weight excluding hydrogens is 204 g/mol. The largest absolute Gasteiger partial charge is 0.387 e. The Bertz CT molecular complexity index is 235. The Labute approximate surface area is 98.0 Å². The lowest BCUT2D eigenvalue weighted by atomic mass is 9.89. The minimum Gasteiger partial charge on any atom is -0.387 e. The number of aliphatic hydroxyl groups is 1. The smallest absolute Gasteiger partial charge is 0.221 e. The lowest BCUT2D eigenvalue weighted by Crippen LogP contribution is -2.61. The van der Waals surface area contributed by atoms with Crippen LogP contribution >= 0.6 is 0 Å². The van der Waals surface area contributed by atoms with E-state index in [0.717, 1.165) is 32.5 Å². The number of hydrogen-bond acceptors (Lipinski definition) is 3. The minimum absolute atomic E-state index is 0.0981. The SMILES string of the molecule is CCCC1(O)CN(CCC(=O)NC(C)C)C1. The maximum atomic E-state index is 11.4. The Kier molecular flexibility index (Phi) is 4.74. The molecule has 1 aliphatic rings. The minimum atomic E-state index is -0.483. The van der Waals surface area contributed by atoms with Gasteiger partial charge in [-0.05, 0) is 20.3 Å². The van der Waals surface area contributed by atoms with Gasteiger partial charge in [0.25, 0.3) is 0 Å². The van der Waals surface area contributed by atoms with E-state index in [1.165, 1.54) is 0 Å². The lowest BCUT2D eigenvalue weighted by Gasteiger charge is -2.46. The molecule has 2 N–H and O–H groups in total. The number of likely N-dealkylation sites (tertiary alicyclic amines) is 1. The summed E-state index contributed by atoms with van der Waals surface area (Å²) in [7, 11) is 0. The van der Waals surface area contributed by atoms with Crippen molar-refractivity contribution in [1.29, 1.82) is 0 Å². The highest BCUT2D eigenvalue weighted by molar-refractivity contribution is 5.76. The van der Waals surface area contributed by atoms with Crippen molar-refractivity contribution in [2.45, 2.75) is 51.7 Å². The van der Waals surface area contributed by atoms with Crippen LogP contribution in [0.15, 0.2) is 0 Å². The Morgan fingerprint density at radius 3 is 2.62 bits per heavy atom. The van der Waals surface area contributed by atoms with Gasteiger partial charge >= 0.3 is 0 Å². The Morgan fingerprint density at radius 2 is 2.12 bits per heavy atom. The first-order valence-corrected chi connectivity index (χ1v) is 6.19. The van der Waals surface area contributed by atoms with Crippen molar-refractivity contribution in [2.24, 2.45) is 0 Å². The van der Waals surface area contributed by atoms with Crippen LogP contribution in [0.25, 0.3) is 0 Å². The molecule has 1 aliphatic heterocycles. The van der Waals surface area contributed by atoms with Gasteiger partial charge in [-0.3, -0.25) is 9.69 Å². The monoisotopic (exact) mass is 228 g/mol. The molecule has 0 atom stereocenters. The maximum absolute atomic E-state index is 11.4. The normalized spacial score (nSPS) is 19.6. The average molecular weight is 228 g/mol. The average Bonchev–Trinajstić information content (AvgIpc) is 2.10. The Morgan fingerprint density at radius 1 is 1.50 bits per heavy atom.